The summed E-state index contributed by atoms with van der Waals surface area (Å²) >= 11 is 5.99. The van der Waals surface area contributed by atoms with Gasteiger partial charge in [0.25, 0.3) is 0 Å². The van der Waals surface area contributed by atoms with Crippen LogP contribution in [0.4, 0.5) is 10.5 Å². The number of hydrogen-bond acceptors (Lipinski definition) is 4. The Morgan fingerprint density at radius 2 is 1.87 bits per heavy atom. The molecule has 0 spiro atoms. The summed E-state index contributed by atoms with van der Waals surface area (Å²) in [5.74, 6) is 1.37. The van der Waals surface area contributed by atoms with Crippen LogP contribution >= 0.6 is 11.6 Å². The highest BCUT2D eigenvalue weighted by molar-refractivity contribution is 6.30. The van der Waals surface area contributed by atoms with E-state index in [1.165, 1.54) is 5.56 Å². The third-order valence-corrected chi connectivity index (χ3v) is 5.51. The summed E-state index contributed by atoms with van der Waals surface area (Å²) < 4.78 is 12.0. The third kappa shape index (κ3) is 6.79. The third-order valence-electron chi connectivity index (χ3n) is 5.26. The van der Waals surface area contributed by atoms with Crippen LogP contribution in [0.15, 0.2) is 48.5 Å². The van der Waals surface area contributed by atoms with Crippen LogP contribution in [0.25, 0.3) is 0 Å². The number of ether oxygens (including phenoxy) is 2. The van der Waals surface area contributed by atoms with Gasteiger partial charge in [-0.05, 0) is 68.7 Å². The number of amides is 1. The number of halogens is 1. The van der Waals surface area contributed by atoms with Crippen LogP contribution in [0.5, 0.6) is 5.75 Å². The predicted octanol–water partition coefficient (Wildman–Crippen LogP) is 6.19. The second-order valence-electron chi connectivity index (χ2n) is 9.42. The number of benzene rings is 2. The molecule has 0 bridgehead atoms. The summed E-state index contributed by atoms with van der Waals surface area (Å²) in [6, 6.07) is 15.8. The van der Waals surface area contributed by atoms with Crippen molar-refractivity contribution >= 4 is 23.4 Å². The van der Waals surface area contributed by atoms with E-state index in [0.29, 0.717) is 30.6 Å². The molecule has 0 unspecified atom stereocenters. The number of hydrogen-bond donors (Lipinski definition) is 1. The molecule has 31 heavy (non-hydrogen) atoms. The second kappa shape index (κ2) is 9.82. The Labute approximate surface area is 190 Å². The number of nitrogens with zero attached hydrogens (tertiary/aromatic N) is 1. The van der Waals surface area contributed by atoms with Gasteiger partial charge in [-0.2, -0.15) is 0 Å². The maximum absolute atomic E-state index is 12.7. The Hall–Kier alpha value is -2.40. The van der Waals surface area contributed by atoms with Crippen LogP contribution < -0.4 is 10.1 Å². The molecule has 0 aromatic heterocycles. The lowest BCUT2D eigenvalue weighted by atomic mass is 10.0. The number of anilines is 1. The van der Waals surface area contributed by atoms with Gasteiger partial charge in [0.05, 0.1) is 6.54 Å². The van der Waals surface area contributed by atoms with E-state index in [9.17, 15) is 4.79 Å². The number of nitrogens with one attached hydrogen (secondary N) is 1. The standard InChI is InChI=1S/C25H33ClN2O3/c1-17(2)18-7-6-8-22(13-18)30-23-16-28(24(29)31-25(3,4)5)15-19(23)14-27-21-11-9-20(26)10-12-21/h6-13,17,19,23,27H,14-16H2,1-5H3/t19-,23+/m1/s1. The molecule has 1 aliphatic heterocycles. The van der Waals surface area contributed by atoms with Gasteiger partial charge >= 0.3 is 6.09 Å². The molecule has 1 N–H and O–H groups in total. The highest BCUT2D eigenvalue weighted by Crippen LogP contribution is 2.27. The highest BCUT2D eigenvalue weighted by atomic mass is 35.5. The highest BCUT2D eigenvalue weighted by Gasteiger charge is 2.38. The van der Waals surface area contributed by atoms with Crippen molar-refractivity contribution in [1.82, 2.24) is 4.90 Å². The molecule has 0 radical (unpaired) electrons. The number of rotatable bonds is 6. The Bertz CT molecular complexity index is 877. The van der Waals surface area contributed by atoms with E-state index >= 15 is 0 Å². The predicted molar refractivity (Wildman–Crippen MR) is 126 cm³/mol. The van der Waals surface area contributed by atoms with Crippen molar-refractivity contribution in [3.8, 4) is 5.75 Å². The van der Waals surface area contributed by atoms with E-state index in [4.69, 9.17) is 21.1 Å². The van der Waals surface area contributed by atoms with Crippen molar-refractivity contribution in [1.29, 1.82) is 0 Å². The molecular weight excluding hydrogens is 412 g/mol. The lowest BCUT2D eigenvalue weighted by Gasteiger charge is -2.24. The van der Waals surface area contributed by atoms with Gasteiger partial charge in [-0.3, -0.25) is 0 Å². The Morgan fingerprint density at radius 3 is 2.52 bits per heavy atom. The van der Waals surface area contributed by atoms with Gasteiger partial charge in [0, 0.05) is 29.7 Å². The monoisotopic (exact) mass is 444 g/mol. The summed E-state index contributed by atoms with van der Waals surface area (Å²) in [5, 5.41) is 4.15. The normalized spacial score (nSPS) is 18.9. The fraction of sp³-hybridized carbons (Fsp3) is 0.480. The Morgan fingerprint density at radius 1 is 1.16 bits per heavy atom. The molecule has 168 valence electrons. The summed E-state index contributed by atoms with van der Waals surface area (Å²) in [4.78, 5) is 14.4. The van der Waals surface area contributed by atoms with Crippen LogP contribution in [-0.2, 0) is 4.74 Å². The van der Waals surface area contributed by atoms with Crippen molar-refractivity contribution in [2.75, 3.05) is 25.0 Å². The van der Waals surface area contributed by atoms with Crippen LogP contribution in [0.3, 0.4) is 0 Å². The zero-order valence-electron chi connectivity index (χ0n) is 19.0. The first kappa shape index (κ1) is 23.3. The molecule has 3 rings (SSSR count). The van der Waals surface area contributed by atoms with Crippen LogP contribution in [0.1, 0.15) is 46.1 Å². The van der Waals surface area contributed by atoms with E-state index in [1.807, 2.05) is 57.2 Å². The van der Waals surface area contributed by atoms with E-state index in [1.54, 1.807) is 4.90 Å². The van der Waals surface area contributed by atoms with Crippen LogP contribution in [0.2, 0.25) is 5.02 Å². The van der Waals surface area contributed by atoms with Crippen LogP contribution in [0, 0.1) is 5.92 Å². The van der Waals surface area contributed by atoms with Gasteiger partial charge in [0.15, 0.2) is 0 Å². The summed E-state index contributed by atoms with van der Waals surface area (Å²) in [6.07, 6.45) is -0.430. The van der Waals surface area contributed by atoms with Crippen molar-refractivity contribution in [3.05, 3.63) is 59.1 Å². The molecule has 1 amide bonds. The van der Waals surface area contributed by atoms with Gasteiger partial charge in [-0.1, -0.05) is 37.6 Å². The minimum absolute atomic E-state index is 0.117. The van der Waals surface area contributed by atoms with Crippen molar-refractivity contribution in [2.24, 2.45) is 5.92 Å². The molecule has 2 aromatic rings. The zero-order chi connectivity index (χ0) is 22.6. The minimum Gasteiger partial charge on any atom is -0.488 e. The molecule has 1 saturated heterocycles. The first-order valence-corrected chi connectivity index (χ1v) is 11.2. The second-order valence-corrected chi connectivity index (χ2v) is 9.85. The molecule has 5 nitrogen and oxygen atoms in total. The fourth-order valence-electron chi connectivity index (χ4n) is 3.58. The van der Waals surface area contributed by atoms with Gasteiger partial charge in [-0.15, -0.1) is 0 Å². The van der Waals surface area contributed by atoms with Crippen molar-refractivity contribution < 1.29 is 14.3 Å². The average molecular weight is 445 g/mol. The van der Waals surface area contributed by atoms with Crippen molar-refractivity contribution in [3.63, 3.8) is 0 Å². The molecule has 1 fully saturated rings. The average Bonchev–Trinajstić information content (AvgIpc) is 3.09. The maximum atomic E-state index is 12.7. The molecular formula is C25H33ClN2O3. The zero-order valence-corrected chi connectivity index (χ0v) is 19.8. The van der Waals surface area contributed by atoms with Gasteiger partial charge in [-0.25, -0.2) is 4.79 Å². The largest absolute Gasteiger partial charge is 0.488 e. The van der Waals surface area contributed by atoms with E-state index in [-0.39, 0.29) is 18.1 Å². The van der Waals surface area contributed by atoms with Crippen LogP contribution in [-0.4, -0.2) is 42.3 Å². The first-order valence-electron chi connectivity index (χ1n) is 10.8. The first-order chi connectivity index (χ1) is 14.6. The number of carbonyl (C=O) groups excluding carboxylic acids is 1. The van der Waals surface area contributed by atoms with E-state index in [0.717, 1.165) is 11.4 Å². The smallest absolute Gasteiger partial charge is 0.410 e. The van der Waals surface area contributed by atoms with E-state index < -0.39 is 5.60 Å². The maximum Gasteiger partial charge on any atom is 0.410 e. The molecule has 2 aromatic carbocycles. The molecule has 1 heterocycles. The topological polar surface area (TPSA) is 50.8 Å². The molecule has 2 atom stereocenters. The van der Waals surface area contributed by atoms with Gasteiger partial charge in [0.2, 0.25) is 0 Å². The lowest BCUT2D eigenvalue weighted by Crippen LogP contribution is -2.36. The number of likely N-dealkylation sites (tertiary alicyclic amines) is 1. The lowest BCUT2D eigenvalue weighted by molar-refractivity contribution is 0.0275. The molecule has 0 aliphatic carbocycles. The molecule has 1 aliphatic rings. The Kier molecular flexibility index (Phi) is 7.37. The Balaban J connectivity index is 1.72. The SMILES string of the molecule is CC(C)c1cccc(O[C@H]2CN(C(=O)OC(C)(C)C)C[C@H]2CNc2ccc(Cl)cc2)c1. The van der Waals surface area contributed by atoms with Gasteiger partial charge < -0.3 is 19.7 Å². The van der Waals surface area contributed by atoms with Crippen molar-refractivity contribution in [2.45, 2.75) is 52.2 Å². The van der Waals surface area contributed by atoms with Gasteiger partial charge in [0.1, 0.15) is 17.5 Å². The quantitative estimate of drug-likeness (QED) is 0.577. The summed E-state index contributed by atoms with van der Waals surface area (Å²) in [5.41, 5.74) is 1.69. The van der Waals surface area contributed by atoms with E-state index in [2.05, 4.69) is 31.3 Å². The minimum atomic E-state index is -0.529. The summed E-state index contributed by atoms with van der Waals surface area (Å²) in [6.45, 7) is 11.7. The molecule has 6 heteroatoms. The number of carbonyl (C=O) groups is 1. The fourth-order valence-corrected chi connectivity index (χ4v) is 3.71. The summed E-state index contributed by atoms with van der Waals surface area (Å²) in [7, 11) is 0. The molecule has 0 saturated carbocycles.